The van der Waals surface area contributed by atoms with E-state index in [1.165, 1.54) is 36.6 Å². The van der Waals surface area contributed by atoms with Crippen molar-refractivity contribution in [2.75, 3.05) is 4.90 Å². The number of carbonyl (C=O) groups is 2. The van der Waals surface area contributed by atoms with Gasteiger partial charge < -0.3 is 9.52 Å². The van der Waals surface area contributed by atoms with Crippen molar-refractivity contribution in [2.24, 2.45) is 0 Å². The number of ketones is 1. The van der Waals surface area contributed by atoms with Gasteiger partial charge in [-0.3, -0.25) is 14.5 Å². The number of aliphatic hydroxyl groups is 1. The standard InChI is InChI=1S/C21H13ClFNO4/c22-13-8-6-12(7-9-13)19(25)17-18(16-5-2-10-28-16)24(21(27)20(17)26)15-4-1-3-14(23)11-15/h1-11,18,25H/b19-17-. The maximum atomic E-state index is 13.8. The third kappa shape index (κ3) is 2.97. The van der Waals surface area contributed by atoms with Crippen LogP contribution in [0.5, 0.6) is 0 Å². The number of hydrogen-bond acceptors (Lipinski definition) is 4. The number of halogens is 2. The molecule has 2 aromatic carbocycles. The minimum absolute atomic E-state index is 0.147. The van der Waals surface area contributed by atoms with E-state index in [2.05, 4.69) is 0 Å². The van der Waals surface area contributed by atoms with Crippen molar-refractivity contribution < 1.29 is 23.5 Å². The molecule has 1 amide bonds. The predicted molar refractivity (Wildman–Crippen MR) is 101 cm³/mol. The van der Waals surface area contributed by atoms with Gasteiger partial charge in [-0.05, 0) is 54.6 Å². The number of amides is 1. The van der Waals surface area contributed by atoms with Gasteiger partial charge in [-0.15, -0.1) is 0 Å². The Morgan fingerprint density at radius 3 is 2.46 bits per heavy atom. The fourth-order valence-electron chi connectivity index (χ4n) is 3.20. The zero-order valence-electron chi connectivity index (χ0n) is 14.3. The van der Waals surface area contributed by atoms with Gasteiger partial charge in [0.15, 0.2) is 0 Å². The van der Waals surface area contributed by atoms with Gasteiger partial charge in [0.05, 0.1) is 11.8 Å². The molecule has 0 aliphatic carbocycles. The number of furan rings is 1. The smallest absolute Gasteiger partial charge is 0.300 e. The Bertz CT molecular complexity index is 1090. The molecule has 1 saturated heterocycles. The number of aliphatic hydroxyl groups excluding tert-OH is 1. The van der Waals surface area contributed by atoms with Crippen LogP contribution < -0.4 is 4.90 Å². The van der Waals surface area contributed by atoms with Gasteiger partial charge in [-0.25, -0.2) is 4.39 Å². The Balaban J connectivity index is 1.93. The van der Waals surface area contributed by atoms with Crippen LogP contribution in [0.3, 0.4) is 0 Å². The van der Waals surface area contributed by atoms with Crippen LogP contribution in [0.2, 0.25) is 5.02 Å². The van der Waals surface area contributed by atoms with Gasteiger partial charge in [0, 0.05) is 16.3 Å². The molecule has 1 aromatic heterocycles. The molecule has 1 aliphatic rings. The first-order valence-electron chi connectivity index (χ1n) is 8.33. The lowest BCUT2D eigenvalue weighted by Crippen LogP contribution is -2.29. The Morgan fingerprint density at radius 2 is 1.82 bits per heavy atom. The molecular weight excluding hydrogens is 385 g/mol. The van der Waals surface area contributed by atoms with E-state index in [1.54, 1.807) is 24.3 Å². The second kappa shape index (κ2) is 6.98. The summed E-state index contributed by atoms with van der Waals surface area (Å²) < 4.78 is 19.2. The van der Waals surface area contributed by atoms with Crippen molar-refractivity contribution in [3.8, 4) is 0 Å². The Kier molecular flexibility index (Phi) is 4.49. The molecular formula is C21H13ClFNO4. The third-order valence-corrected chi connectivity index (χ3v) is 4.71. The molecule has 5 nitrogen and oxygen atoms in total. The number of anilines is 1. The molecule has 140 valence electrons. The van der Waals surface area contributed by atoms with Crippen molar-refractivity contribution in [3.05, 3.63) is 94.7 Å². The second-order valence-electron chi connectivity index (χ2n) is 6.17. The van der Waals surface area contributed by atoms with Gasteiger partial charge in [0.1, 0.15) is 23.4 Å². The van der Waals surface area contributed by atoms with Crippen LogP contribution in [0.1, 0.15) is 17.4 Å². The van der Waals surface area contributed by atoms with Crippen molar-refractivity contribution in [2.45, 2.75) is 6.04 Å². The Morgan fingerprint density at radius 1 is 1.07 bits per heavy atom. The summed E-state index contributed by atoms with van der Waals surface area (Å²) in [6.45, 7) is 0. The van der Waals surface area contributed by atoms with Crippen molar-refractivity contribution in [1.29, 1.82) is 0 Å². The average Bonchev–Trinajstić information content (AvgIpc) is 3.29. The molecule has 0 spiro atoms. The highest BCUT2D eigenvalue weighted by Gasteiger charge is 2.48. The molecule has 1 atom stereocenters. The molecule has 0 radical (unpaired) electrons. The van der Waals surface area contributed by atoms with E-state index >= 15 is 0 Å². The van der Waals surface area contributed by atoms with Crippen LogP contribution in [0.15, 0.2) is 76.9 Å². The van der Waals surface area contributed by atoms with E-state index in [4.69, 9.17) is 16.0 Å². The highest BCUT2D eigenvalue weighted by atomic mass is 35.5. The normalized spacial score (nSPS) is 18.6. The van der Waals surface area contributed by atoms with Crippen LogP contribution >= 0.6 is 11.6 Å². The molecule has 1 fully saturated rings. The molecule has 0 saturated carbocycles. The number of benzene rings is 2. The topological polar surface area (TPSA) is 70.8 Å². The minimum atomic E-state index is -1.03. The van der Waals surface area contributed by atoms with E-state index in [9.17, 15) is 19.1 Å². The Labute approximate surface area is 164 Å². The predicted octanol–water partition coefficient (Wildman–Crippen LogP) is 4.70. The summed E-state index contributed by atoms with van der Waals surface area (Å²) in [6.07, 6.45) is 1.39. The first-order valence-corrected chi connectivity index (χ1v) is 8.71. The second-order valence-corrected chi connectivity index (χ2v) is 6.61. The SMILES string of the molecule is O=C1C(=O)N(c2cccc(F)c2)C(c2ccco2)/C1=C(/O)c1ccc(Cl)cc1. The first-order chi connectivity index (χ1) is 13.5. The lowest BCUT2D eigenvalue weighted by molar-refractivity contribution is -0.132. The molecule has 1 N–H and O–H groups in total. The maximum Gasteiger partial charge on any atom is 0.300 e. The van der Waals surface area contributed by atoms with Gasteiger partial charge >= 0.3 is 0 Å². The molecule has 0 bridgehead atoms. The van der Waals surface area contributed by atoms with Crippen LogP contribution in [-0.4, -0.2) is 16.8 Å². The average molecular weight is 398 g/mol. The molecule has 7 heteroatoms. The van der Waals surface area contributed by atoms with E-state index in [1.807, 2.05) is 0 Å². The summed E-state index contributed by atoms with van der Waals surface area (Å²) in [6, 6.07) is 13.6. The summed E-state index contributed by atoms with van der Waals surface area (Å²) in [5.41, 5.74) is 0.350. The maximum absolute atomic E-state index is 13.8. The van der Waals surface area contributed by atoms with E-state index in [0.29, 0.717) is 10.6 Å². The van der Waals surface area contributed by atoms with Gasteiger partial charge in [-0.2, -0.15) is 0 Å². The molecule has 1 aliphatic heterocycles. The molecule has 4 rings (SSSR count). The van der Waals surface area contributed by atoms with E-state index in [-0.39, 0.29) is 22.8 Å². The van der Waals surface area contributed by atoms with Crippen LogP contribution in [0, 0.1) is 5.82 Å². The number of Topliss-reactive ketones (excluding diaryl/α,β-unsaturated/α-hetero) is 1. The fourth-order valence-corrected chi connectivity index (χ4v) is 3.33. The quantitative estimate of drug-likeness (QED) is 0.395. The van der Waals surface area contributed by atoms with Crippen LogP contribution in [0.25, 0.3) is 5.76 Å². The summed E-state index contributed by atoms with van der Waals surface area (Å²) in [7, 11) is 0. The van der Waals surface area contributed by atoms with Crippen LogP contribution in [0.4, 0.5) is 10.1 Å². The molecule has 3 aromatic rings. The lowest BCUT2D eigenvalue weighted by Gasteiger charge is -2.23. The largest absolute Gasteiger partial charge is 0.507 e. The zero-order chi connectivity index (χ0) is 19.8. The highest BCUT2D eigenvalue weighted by molar-refractivity contribution is 6.51. The monoisotopic (exact) mass is 397 g/mol. The van der Waals surface area contributed by atoms with Crippen molar-refractivity contribution in [1.82, 2.24) is 0 Å². The summed E-state index contributed by atoms with van der Waals surface area (Å²) >= 11 is 5.88. The zero-order valence-corrected chi connectivity index (χ0v) is 15.1. The number of nitrogens with zero attached hydrogens (tertiary/aromatic N) is 1. The summed E-state index contributed by atoms with van der Waals surface area (Å²) in [5, 5.41) is 11.3. The lowest BCUT2D eigenvalue weighted by atomic mass is 9.99. The number of hydrogen-bond donors (Lipinski definition) is 1. The van der Waals surface area contributed by atoms with Gasteiger partial charge in [0.2, 0.25) is 0 Å². The third-order valence-electron chi connectivity index (χ3n) is 4.46. The highest BCUT2D eigenvalue weighted by Crippen LogP contribution is 2.42. The summed E-state index contributed by atoms with van der Waals surface area (Å²) in [4.78, 5) is 26.7. The Hall–Kier alpha value is -3.38. The number of carbonyl (C=O) groups excluding carboxylic acids is 2. The molecule has 28 heavy (non-hydrogen) atoms. The van der Waals surface area contributed by atoms with Gasteiger partial charge in [0.25, 0.3) is 11.7 Å². The fraction of sp³-hybridized carbons (Fsp3) is 0.0476. The molecule has 1 unspecified atom stereocenters. The molecule has 2 heterocycles. The number of rotatable bonds is 3. The van der Waals surface area contributed by atoms with Crippen molar-refractivity contribution in [3.63, 3.8) is 0 Å². The van der Waals surface area contributed by atoms with E-state index in [0.717, 1.165) is 11.0 Å². The van der Waals surface area contributed by atoms with Gasteiger partial charge in [-0.1, -0.05) is 17.7 Å². The summed E-state index contributed by atoms with van der Waals surface area (Å²) in [5.74, 6) is -2.44. The van der Waals surface area contributed by atoms with Crippen molar-refractivity contribution >= 4 is 34.7 Å². The van der Waals surface area contributed by atoms with E-state index < -0.39 is 23.5 Å². The van der Waals surface area contributed by atoms with Crippen LogP contribution in [-0.2, 0) is 9.59 Å². The minimum Gasteiger partial charge on any atom is -0.507 e. The first kappa shape index (κ1) is 18.0.